The van der Waals surface area contributed by atoms with E-state index in [9.17, 15) is 4.79 Å². The molecule has 0 aromatic carbocycles. The summed E-state index contributed by atoms with van der Waals surface area (Å²) in [7, 11) is 0. The van der Waals surface area contributed by atoms with Gasteiger partial charge in [0.05, 0.1) is 6.61 Å². The maximum absolute atomic E-state index is 11.1. The fraction of sp³-hybridized carbons (Fsp3) is 0.900. The fourth-order valence-corrected chi connectivity index (χ4v) is 0.869. The topological polar surface area (TPSA) is 35.5 Å². The molecule has 0 heterocycles. The number of carbonyl (C=O) groups excluding carboxylic acids is 1. The first-order valence-electron chi connectivity index (χ1n) is 5.08. The van der Waals surface area contributed by atoms with E-state index in [1.165, 1.54) is 0 Å². The van der Waals surface area contributed by atoms with Crippen LogP contribution in [0.3, 0.4) is 0 Å². The van der Waals surface area contributed by atoms with E-state index in [2.05, 4.69) is 6.92 Å². The molecule has 0 aliphatic rings. The lowest BCUT2D eigenvalue weighted by Crippen LogP contribution is -2.25. The quantitative estimate of drug-likeness (QED) is 0.288. The number of esters is 1. The van der Waals surface area contributed by atoms with Gasteiger partial charge >= 0.3 is 5.97 Å². The second-order valence-electron chi connectivity index (χ2n) is 3.12. The van der Waals surface area contributed by atoms with E-state index in [4.69, 9.17) is 21.1 Å². The van der Waals surface area contributed by atoms with E-state index in [0.29, 0.717) is 13.0 Å². The Hall–Kier alpha value is -0.280. The van der Waals surface area contributed by atoms with Gasteiger partial charge in [-0.2, -0.15) is 0 Å². The highest BCUT2D eigenvalue weighted by atomic mass is 35.5. The number of hydrogen-bond acceptors (Lipinski definition) is 3. The highest BCUT2D eigenvalue weighted by molar-refractivity contribution is 6.29. The van der Waals surface area contributed by atoms with Crippen LogP contribution in [-0.2, 0) is 14.3 Å². The second kappa shape index (κ2) is 8.06. The third kappa shape index (κ3) is 6.22. The third-order valence-electron chi connectivity index (χ3n) is 1.71. The van der Waals surface area contributed by atoms with Gasteiger partial charge in [0.25, 0.3) is 0 Å². The number of halogens is 1. The first kappa shape index (κ1) is 13.7. The van der Waals surface area contributed by atoms with Gasteiger partial charge in [-0.05, 0) is 13.3 Å². The zero-order valence-corrected chi connectivity index (χ0v) is 9.84. The van der Waals surface area contributed by atoms with Crippen LogP contribution in [-0.4, -0.2) is 24.2 Å². The molecular formula is C10H19ClO3. The number of ether oxygens (including phenoxy) is 2. The van der Waals surface area contributed by atoms with Crippen LogP contribution in [0.2, 0.25) is 0 Å². The summed E-state index contributed by atoms with van der Waals surface area (Å²) in [5.41, 5.74) is 0. The summed E-state index contributed by atoms with van der Waals surface area (Å²) in [6.07, 6.45) is 2.25. The Labute approximate surface area is 90.7 Å². The summed E-state index contributed by atoms with van der Waals surface area (Å²) >= 11 is 5.56. The first-order valence-corrected chi connectivity index (χ1v) is 5.51. The summed E-state index contributed by atoms with van der Waals surface area (Å²) in [6.45, 7) is 6.20. The zero-order chi connectivity index (χ0) is 11.0. The lowest BCUT2D eigenvalue weighted by Gasteiger charge is -2.17. The summed E-state index contributed by atoms with van der Waals surface area (Å²) in [4.78, 5) is 11.1. The number of rotatable bonds is 7. The monoisotopic (exact) mass is 222 g/mol. The molecule has 0 saturated carbocycles. The van der Waals surface area contributed by atoms with Crippen LogP contribution in [0.15, 0.2) is 0 Å². The van der Waals surface area contributed by atoms with Gasteiger partial charge in [-0.15, -0.1) is 11.6 Å². The first-order chi connectivity index (χ1) is 6.61. The van der Waals surface area contributed by atoms with Gasteiger partial charge in [-0.1, -0.05) is 20.3 Å². The summed E-state index contributed by atoms with van der Waals surface area (Å²) in [5, 5.41) is -0.612. The number of alkyl halides is 1. The largest absolute Gasteiger partial charge is 0.435 e. The van der Waals surface area contributed by atoms with E-state index in [0.717, 1.165) is 12.8 Å². The molecule has 84 valence electrons. The van der Waals surface area contributed by atoms with Crippen LogP contribution in [0.25, 0.3) is 0 Å². The van der Waals surface area contributed by atoms with Crippen LogP contribution in [0.1, 0.15) is 40.0 Å². The minimum Gasteiger partial charge on any atom is -0.435 e. The molecule has 0 aromatic rings. The van der Waals surface area contributed by atoms with Crippen molar-refractivity contribution in [3.05, 3.63) is 0 Å². The molecule has 0 rings (SSSR count). The molecule has 0 N–H and O–H groups in total. The molecule has 0 radical (unpaired) electrons. The van der Waals surface area contributed by atoms with Crippen molar-refractivity contribution in [1.29, 1.82) is 0 Å². The van der Waals surface area contributed by atoms with E-state index in [1.54, 1.807) is 6.92 Å². The second-order valence-corrected chi connectivity index (χ2v) is 3.77. The average Bonchev–Trinajstić information content (AvgIpc) is 2.16. The molecule has 4 heteroatoms. The smallest absolute Gasteiger partial charge is 0.326 e. The highest BCUT2D eigenvalue weighted by Gasteiger charge is 2.16. The number of hydrogen-bond donors (Lipinski definition) is 0. The van der Waals surface area contributed by atoms with Crippen molar-refractivity contribution >= 4 is 17.6 Å². The SMILES string of the molecule is CCCCOC(CC)OC(=O)C(C)Cl. The molecule has 3 nitrogen and oxygen atoms in total. The van der Waals surface area contributed by atoms with Gasteiger partial charge in [0.15, 0.2) is 0 Å². The number of carbonyl (C=O) groups is 1. The molecule has 2 atom stereocenters. The van der Waals surface area contributed by atoms with Crippen molar-refractivity contribution in [3.8, 4) is 0 Å². The lowest BCUT2D eigenvalue weighted by atomic mass is 10.3. The van der Waals surface area contributed by atoms with E-state index < -0.39 is 17.6 Å². The Morgan fingerprint density at radius 3 is 2.50 bits per heavy atom. The lowest BCUT2D eigenvalue weighted by molar-refractivity contribution is -0.178. The molecule has 0 aliphatic carbocycles. The minimum absolute atomic E-state index is 0.421. The predicted molar refractivity (Wildman–Crippen MR) is 56.3 cm³/mol. The molecule has 2 unspecified atom stereocenters. The Balaban J connectivity index is 3.73. The maximum Gasteiger partial charge on any atom is 0.326 e. The van der Waals surface area contributed by atoms with Crippen molar-refractivity contribution < 1.29 is 14.3 Å². The molecule has 14 heavy (non-hydrogen) atoms. The van der Waals surface area contributed by atoms with Gasteiger partial charge in [-0.3, -0.25) is 4.79 Å². The molecule has 0 amide bonds. The van der Waals surface area contributed by atoms with Gasteiger partial charge in [0.2, 0.25) is 6.29 Å². The Morgan fingerprint density at radius 2 is 2.07 bits per heavy atom. The van der Waals surface area contributed by atoms with Crippen LogP contribution in [0.4, 0.5) is 0 Å². The number of unbranched alkanes of at least 4 members (excludes halogenated alkanes) is 1. The van der Waals surface area contributed by atoms with Crippen LogP contribution >= 0.6 is 11.6 Å². The summed E-state index contributed by atoms with van der Waals surface area (Å²) < 4.78 is 10.4. The van der Waals surface area contributed by atoms with Crippen LogP contribution in [0, 0.1) is 0 Å². The van der Waals surface area contributed by atoms with Gasteiger partial charge in [-0.25, -0.2) is 0 Å². The fourth-order valence-electron chi connectivity index (χ4n) is 0.818. The zero-order valence-electron chi connectivity index (χ0n) is 9.09. The minimum atomic E-state index is -0.612. The van der Waals surface area contributed by atoms with E-state index in [1.807, 2.05) is 6.92 Å². The average molecular weight is 223 g/mol. The van der Waals surface area contributed by atoms with Crippen LogP contribution in [0.5, 0.6) is 0 Å². The Morgan fingerprint density at radius 1 is 1.43 bits per heavy atom. The van der Waals surface area contributed by atoms with Crippen molar-refractivity contribution in [3.63, 3.8) is 0 Å². The third-order valence-corrected chi connectivity index (χ3v) is 1.89. The normalized spacial score (nSPS) is 14.9. The molecule has 0 fully saturated rings. The molecule has 0 aliphatic heterocycles. The van der Waals surface area contributed by atoms with Gasteiger partial charge in [0.1, 0.15) is 5.38 Å². The van der Waals surface area contributed by atoms with E-state index in [-0.39, 0.29) is 0 Å². The highest BCUT2D eigenvalue weighted by Crippen LogP contribution is 2.06. The van der Waals surface area contributed by atoms with Gasteiger partial charge < -0.3 is 9.47 Å². The predicted octanol–water partition coefficient (Wildman–Crippen LogP) is 2.71. The molecule has 0 spiro atoms. The molecular weight excluding hydrogens is 204 g/mol. The maximum atomic E-state index is 11.1. The summed E-state index contributed by atoms with van der Waals surface area (Å²) in [6, 6.07) is 0. The van der Waals surface area contributed by atoms with Crippen molar-refractivity contribution in [2.24, 2.45) is 0 Å². The molecule has 0 bridgehead atoms. The van der Waals surface area contributed by atoms with Crippen molar-refractivity contribution in [2.75, 3.05) is 6.61 Å². The molecule has 0 aromatic heterocycles. The van der Waals surface area contributed by atoms with Crippen LogP contribution < -0.4 is 0 Å². The molecule has 0 saturated heterocycles. The van der Waals surface area contributed by atoms with E-state index >= 15 is 0 Å². The summed E-state index contributed by atoms with van der Waals surface area (Å²) in [5.74, 6) is -0.421. The Kier molecular flexibility index (Phi) is 7.90. The van der Waals surface area contributed by atoms with Gasteiger partial charge in [0, 0.05) is 6.42 Å². The van der Waals surface area contributed by atoms with Crippen molar-refractivity contribution in [2.45, 2.75) is 51.7 Å². The Bertz CT molecular complexity index is 159. The standard InChI is InChI=1S/C10H19ClO3/c1-4-6-7-13-9(5-2)14-10(12)8(3)11/h8-9H,4-7H2,1-3H3. The van der Waals surface area contributed by atoms with Crippen molar-refractivity contribution in [1.82, 2.24) is 0 Å².